The van der Waals surface area contributed by atoms with Crippen molar-refractivity contribution in [3.8, 4) is 0 Å². The Bertz CT molecular complexity index is 262. The molecule has 3 fully saturated rings. The van der Waals surface area contributed by atoms with Crippen LogP contribution in [0.2, 0.25) is 0 Å². The smallest absolute Gasteiger partial charge is 0.0148 e. The predicted molar refractivity (Wildman–Crippen MR) is 75.8 cm³/mol. The highest BCUT2D eigenvalue weighted by Crippen LogP contribution is 2.31. The Labute approximate surface area is 112 Å². The number of piperidine rings is 2. The van der Waals surface area contributed by atoms with E-state index in [0.29, 0.717) is 0 Å². The van der Waals surface area contributed by atoms with Gasteiger partial charge in [0.15, 0.2) is 0 Å². The van der Waals surface area contributed by atoms with Crippen molar-refractivity contribution in [1.29, 1.82) is 0 Å². The van der Waals surface area contributed by atoms with E-state index in [9.17, 15) is 0 Å². The minimum atomic E-state index is 0.892. The molecule has 3 atom stereocenters. The van der Waals surface area contributed by atoms with Gasteiger partial charge in [0.25, 0.3) is 0 Å². The lowest BCUT2D eigenvalue weighted by atomic mass is 9.90. The van der Waals surface area contributed by atoms with Gasteiger partial charge in [0.05, 0.1) is 0 Å². The number of nitrogens with zero attached hydrogens (tertiary/aromatic N) is 2. The minimum Gasteiger partial charge on any atom is -0.317 e. The molecule has 0 aliphatic carbocycles. The molecule has 0 amide bonds. The topological polar surface area (TPSA) is 18.5 Å². The third-order valence-electron chi connectivity index (χ3n) is 5.42. The number of hydrogen-bond acceptors (Lipinski definition) is 3. The summed E-state index contributed by atoms with van der Waals surface area (Å²) in [4.78, 5) is 5.49. The van der Waals surface area contributed by atoms with Crippen LogP contribution in [0.3, 0.4) is 0 Å². The van der Waals surface area contributed by atoms with Gasteiger partial charge in [0.1, 0.15) is 0 Å². The van der Waals surface area contributed by atoms with Crippen molar-refractivity contribution >= 4 is 0 Å². The van der Waals surface area contributed by atoms with Crippen LogP contribution in [0.15, 0.2) is 0 Å². The number of fused-ring (bicyclic) bond motifs is 2. The summed E-state index contributed by atoms with van der Waals surface area (Å²) in [5.41, 5.74) is 0. The average Bonchev–Trinajstić information content (AvgIpc) is 2.80. The first-order valence-electron chi connectivity index (χ1n) is 8.04. The molecule has 3 heterocycles. The molecule has 0 aromatic heterocycles. The molecule has 2 bridgehead atoms. The first-order chi connectivity index (χ1) is 8.86. The summed E-state index contributed by atoms with van der Waals surface area (Å²) in [5, 5.41) is 3.49. The molecule has 0 saturated carbocycles. The van der Waals surface area contributed by atoms with Crippen LogP contribution in [-0.4, -0.2) is 61.7 Å². The summed E-state index contributed by atoms with van der Waals surface area (Å²) in [7, 11) is 0. The van der Waals surface area contributed by atoms with E-state index in [0.717, 1.165) is 17.9 Å². The minimum absolute atomic E-state index is 0.892. The second kappa shape index (κ2) is 5.89. The number of nitrogens with one attached hydrogen (secondary N) is 1. The highest BCUT2D eigenvalue weighted by Gasteiger charge is 2.37. The van der Waals surface area contributed by atoms with E-state index in [-0.39, 0.29) is 0 Å². The monoisotopic (exact) mass is 251 g/mol. The maximum Gasteiger partial charge on any atom is 0.0148 e. The molecule has 3 rings (SSSR count). The Morgan fingerprint density at radius 1 is 1.11 bits per heavy atom. The Kier molecular flexibility index (Phi) is 4.22. The van der Waals surface area contributed by atoms with Crippen LogP contribution in [0.1, 0.15) is 32.6 Å². The summed E-state index contributed by atoms with van der Waals surface area (Å²) in [6.45, 7) is 11.6. The van der Waals surface area contributed by atoms with Crippen LogP contribution in [0.4, 0.5) is 0 Å². The molecule has 3 aliphatic heterocycles. The first kappa shape index (κ1) is 12.9. The molecule has 3 aliphatic rings. The molecule has 3 heteroatoms. The highest BCUT2D eigenvalue weighted by atomic mass is 15.2. The van der Waals surface area contributed by atoms with Crippen LogP contribution < -0.4 is 5.32 Å². The van der Waals surface area contributed by atoms with Crippen LogP contribution in [0, 0.1) is 11.8 Å². The van der Waals surface area contributed by atoms with Crippen LogP contribution in [0.25, 0.3) is 0 Å². The molecule has 3 unspecified atom stereocenters. The van der Waals surface area contributed by atoms with E-state index >= 15 is 0 Å². The normalized spacial score (nSPS) is 37.3. The van der Waals surface area contributed by atoms with Gasteiger partial charge >= 0.3 is 0 Å². The molecule has 0 radical (unpaired) electrons. The standard InChI is InChI=1S/C15H29N3/c1-2-18(11-13-3-7-16-8-4-13)15-6-10-17-9-5-14(15)12-17/h13-16H,2-12H2,1H3. The fourth-order valence-electron chi connectivity index (χ4n) is 4.31. The van der Waals surface area contributed by atoms with Crippen molar-refractivity contribution in [2.75, 3.05) is 45.8 Å². The van der Waals surface area contributed by atoms with Gasteiger partial charge in [-0.05, 0) is 70.2 Å². The van der Waals surface area contributed by atoms with Gasteiger partial charge < -0.3 is 15.1 Å². The lowest BCUT2D eigenvalue weighted by molar-refractivity contribution is 0.0839. The Morgan fingerprint density at radius 3 is 2.67 bits per heavy atom. The van der Waals surface area contributed by atoms with E-state index in [2.05, 4.69) is 22.0 Å². The molecule has 3 saturated heterocycles. The Hall–Kier alpha value is -0.120. The van der Waals surface area contributed by atoms with Gasteiger partial charge in [-0.15, -0.1) is 0 Å². The summed E-state index contributed by atoms with van der Waals surface area (Å²) in [5.74, 6) is 1.92. The van der Waals surface area contributed by atoms with Gasteiger partial charge in [0.2, 0.25) is 0 Å². The molecule has 18 heavy (non-hydrogen) atoms. The van der Waals surface area contributed by atoms with Gasteiger partial charge in [0, 0.05) is 19.1 Å². The zero-order chi connectivity index (χ0) is 12.4. The molecular formula is C15H29N3. The summed E-state index contributed by atoms with van der Waals surface area (Å²) in [6, 6.07) is 0.892. The lowest BCUT2D eigenvalue weighted by Crippen LogP contribution is -2.48. The van der Waals surface area contributed by atoms with Crippen LogP contribution >= 0.6 is 0 Å². The molecule has 3 nitrogen and oxygen atoms in total. The fourth-order valence-corrected chi connectivity index (χ4v) is 4.31. The molecule has 0 spiro atoms. The van der Waals surface area contributed by atoms with E-state index in [1.165, 1.54) is 71.5 Å². The summed E-state index contributed by atoms with van der Waals surface area (Å²) < 4.78 is 0. The zero-order valence-corrected chi connectivity index (χ0v) is 11.9. The second-order valence-electron chi connectivity index (χ2n) is 6.49. The summed E-state index contributed by atoms with van der Waals surface area (Å²) in [6.07, 6.45) is 5.65. The SMILES string of the molecule is CCN(CC1CCNCC1)C1CCN2CCC1C2. The van der Waals surface area contributed by atoms with E-state index in [1.54, 1.807) is 0 Å². The largest absolute Gasteiger partial charge is 0.317 e. The van der Waals surface area contributed by atoms with Crippen LogP contribution in [-0.2, 0) is 0 Å². The fraction of sp³-hybridized carbons (Fsp3) is 1.00. The van der Waals surface area contributed by atoms with Gasteiger partial charge in [-0.3, -0.25) is 0 Å². The molecule has 104 valence electrons. The third-order valence-corrected chi connectivity index (χ3v) is 5.42. The molecule has 0 aromatic rings. The maximum absolute atomic E-state index is 3.49. The number of hydrogen-bond donors (Lipinski definition) is 1. The Balaban J connectivity index is 1.57. The van der Waals surface area contributed by atoms with Gasteiger partial charge in [-0.2, -0.15) is 0 Å². The molecule has 0 aromatic carbocycles. The third kappa shape index (κ3) is 2.73. The van der Waals surface area contributed by atoms with Gasteiger partial charge in [-0.25, -0.2) is 0 Å². The van der Waals surface area contributed by atoms with E-state index in [4.69, 9.17) is 0 Å². The van der Waals surface area contributed by atoms with Crippen molar-refractivity contribution in [2.24, 2.45) is 11.8 Å². The summed E-state index contributed by atoms with van der Waals surface area (Å²) >= 11 is 0. The second-order valence-corrected chi connectivity index (χ2v) is 6.49. The van der Waals surface area contributed by atoms with Crippen LogP contribution in [0.5, 0.6) is 0 Å². The average molecular weight is 251 g/mol. The molecule has 1 N–H and O–H groups in total. The Morgan fingerprint density at radius 2 is 1.89 bits per heavy atom. The van der Waals surface area contributed by atoms with Crippen molar-refractivity contribution < 1.29 is 0 Å². The lowest BCUT2D eigenvalue weighted by Gasteiger charge is -2.40. The van der Waals surface area contributed by atoms with E-state index < -0.39 is 0 Å². The first-order valence-corrected chi connectivity index (χ1v) is 8.04. The zero-order valence-electron chi connectivity index (χ0n) is 11.9. The predicted octanol–water partition coefficient (Wildman–Crippen LogP) is 1.40. The highest BCUT2D eigenvalue weighted by molar-refractivity contribution is 4.92. The maximum atomic E-state index is 3.49. The molecular weight excluding hydrogens is 222 g/mol. The van der Waals surface area contributed by atoms with Crippen molar-refractivity contribution in [3.05, 3.63) is 0 Å². The van der Waals surface area contributed by atoms with Gasteiger partial charge in [-0.1, -0.05) is 6.92 Å². The number of rotatable bonds is 4. The quantitative estimate of drug-likeness (QED) is 0.815. The van der Waals surface area contributed by atoms with Crippen molar-refractivity contribution in [1.82, 2.24) is 15.1 Å². The van der Waals surface area contributed by atoms with E-state index in [1.807, 2.05) is 0 Å². The van der Waals surface area contributed by atoms with Crippen molar-refractivity contribution in [2.45, 2.75) is 38.6 Å². The van der Waals surface area contributed by atoms with Crippen molar-refractivity contribution in [3.63, 3.8) is 0 Å².